The lowest BCUT2D eigenvalue weighted by Gasteiger charge is -2.14. The van der Waals surface area contributed by atoms with E-state index in [1.54, 1.807) is 42.6 Å². The molecule has 0 fully saturated rings. The van der Waals surface area contributed by atoms with Gasteiger partial charge in [-0.15, -0.1) is 0 Å². The quantitative estimate of drug-likeness (QED) is 0.460. The summed E-state index contributed by atoms with van der Waals surface area (Å²) in [5.41, 5.74) is 2.00. The second-order valence-electron chi connectivity index (χ2n) is 6.17. The van der Waals surface area contributed by atoms with Crippen LogP contribution in [0.5, 0.6) is 5.75 Å². The van der Waals surface area contributed by atoms with Gasteiger partial charge in [0.25, 0.3) is 0 Å². The molecule has 0 atom stereocenters. The number of ether oxygens (including phenoxy) is 1. The van der Waals surface area contributed by atoms with Crippen molar-refractivity contribution in [2.45, 2.75) is 6.54 Å². The van der Waals surface area contributed by atoms with Gasteiger partial charge in [-0.3, -0.25) is 4.98 Å². The molecule has 0 saturated carbocycles. The van der Waals surface area contributed by atoms with Crippen LogP contribution in [0.3, 0.4) is 0 Å². The van der Waals surface area contributed by atoms with Gasteiger partial charge in [-0.1, -0.05) is 46.5 Å². The normalized spacial score (nSPS) is 10.8. The molecule has 4 aromatic rings. The summed E-state index contributed by atoms with van der Waals surface area (Å²) >= 11 is 12.4. The number of benzene rings is 2. The van der Waals surface area contributed by atoms with Crippen molar-refractivity contribution < 1.29 is 9.13 Å². The Hall–Kier alpha value is -3.23. The van der Waals surface area contributed by atoms with Gasteiger partial charge in [0, 0.05) is 12.7 Å². The molecule has 0 radical (unpaired) electrons. The molecule has 0 aliphatic rings. The number of hydrogen-bond donors (Lipinski definition) is 1. The number of tetrazole rings is 1. The highest BCUT2D eigenvalue weighted by atomic mass is 35.5. The molecule has 2 heterocycles. The van der Waals surface area contributed by atoms with Crippen molar-refractivity contribution in [2.24, 2.45) is 0 Å². The largest absolute Gasteiger partial charge is 0.496 e. The van der Waals surface area contributed by atoms with Crippen LogP contribution in [-0.2, 0) is 6.54 Å². The van der Waals surface area contributed by atoms with Crippen molar-refractivity contribution in [1.29, 1.82) is 0 Å². The average Bonchev–Trinajstić information content (AvgIpc) is 3.22. The fourth-order valence-electron chi connectivity index (χ4n) is 3.00. The van der Waals surface area contributed by atoms with Crippen LogP contribution in [0.25, 0.3) is 16.9 Å². The van der Waals surface area contributed by atoms with E-state index < -0.39 is 5.82 Å². The number of hydrogen-bond acceptors (Lipinski definition) is 6. The molecule has 0 saturated heterocycles. The van der Waals surface area contributed by atoms with E-state index in [1.807, 2.05) is 6.07 Å². The minimum atomic E-state index is -0.426. The van der Waals surface area contributed by atoms with E-state index in [9.17, 15) is 4.39 Å². The highest BCUT2D eigenvalue weighted by Gasteiger charge is 2.18. The van der Waals surface area contributed by atoms with E-state index in [1.165, 1.54) is 17.9 Å². The average molecular weight is 445 g/mol. The molecule has 0 spiro atoms. The predicted molar refractivity (Wildman–Crippen MR) is 113 cm³/mol. The minimum Gasteiger partial charge on any atom is -0.496 e. The molecule has 0 amide bonds. The van der Waals surface area contributed by atoms with Crippen molar-refractivity contribution in [2.75, 3.05) is 12.4 Å². The van der Waals surface area contributed by atoms with Gasteiger partial charge in [-0.25, -0.2) is 4.39 Å². The van der Waals surface area contributed by atoms with Gasteiger partial charge in [0.15, 0.2) is 0 Å². The first-order chi connectivity index (χ1) is 14.6. The first kappa shape index (κ1) is 20.1. The molecule has 0 aliphatic heterocycles. The molecule has 0 bridgehead atoms. The lowest BCUT2D eigenvalue weighted by molar-refractivity contribution is 0.413. The Morgan fingerprint density at radius 3 is 2.77 bits per heavy atom. The van der Waals surface area contributed by atoms with Crippen LogP contribution < -0.4 is 10.1 Å². The summed E-state index contributed by atoms with van der Waals surface area (Å²) in [5, 5.41) is 15.5. The SMILES string of the molecule is COc1cccc(F)c1-c1ncccc1CNc1nnnn1-c1cccc(Cl)c1Cl. The molecular weight excluding hydrogens is 430 g/mol. The lowest BCUT2D eigenvalue weighted by atomic mass is 10.0. The highest BCUT2D eigenvalue weighted by molar-refractivity contribution is 6.43. The molecule has 1 N–H and O–H groups in total. The molecule has 2 aromatic heterocycles. The fourth-order valence-corrected chi connectivity index (χ4v) is 3.38. The second kappa shape index (κ2) is 8.64. The Bertz CT molecular complexity index is 1200. The maximum Gasteiger partial charge on any atom is 0.248 e. The molecular formula is C20H15Cl2FN6O. The first-order valence-corrected chi connectivity index (χ1v) is 9.59. The number of methoxy groups -OCH3 is 1. The Labute approximate surface area is 181 Å². The van der Waals surface area contributed by atoms with E-state index in [0.29, 0.717) is 33.1 Å². The van der Waals surface area contributed by atoms with E-state index in [2.05, 4.69) is 25.8 Å². The Kier molecular flexibility index (Phi) is 5.78. The molecule has 0 aliphatic carbocycles. The molecule has 0 unspecified atom stereocenters. The number of nitrogens with one attached hydrogen (secondary N) is 1. The minimum absolute atomic E-state index is 0.277. The van der Waals surface area contributed by atoms with Crippen molar-refractivity contribution in [3.05, 3.63) is 76.2 Å². The van der Waals surface area contributed by atoms with Crippen LogP contribution in [-0.4, -0.2) is 32.3 Å². The van der Waals surface area contributed by atoms with Crippen molar-refractivity contribution in [1.82, 2.24) is 25.2 Å². The Balaban J connectivity index is 1.67. The summed E-state index contributed by atoms with van der Waals surface area (Å²) in [4.78, 5) is 4.37. The molecule has 30 heavy (non-hydrogen) atoms. The van der Waals surface area contributed by atoms with Crippen molar-refractivity contribution in [3.8, 4) is 22.7 Å². The predicted octanol–water partition coefficient (Wildman–Crippen LogP) is 4.79. The standard InChI is InChI=1S/C20H15Cl2FN6O/c1-30-16-9-3-7-14(23)17(16)19-12(5-4-10-24-19)11-25-20-26-27-28-29(20)15-8-2-6-13(21)18(15)22/h2-10H,11H2,1H3,(H,25,26,28). The number of rotatable bonds is 6. The van der Waals surface area contributed by atoms with Gasteiger partial charge in [0.2, 0.25) is 5.95 Å². The van der Waals surface area contributed by atoms with Crippen LogP contribution >= 0.6 is 23.2 Å². The number of aromatic nitrogens is 5. The zero-order chi connectivity index (χ0) is 21.1. The third-order valence-corrected chi connectivity index (χ3v) is 5.20. The molecule has 7 nitrogen and oxygen atoms in total. The van der Waals surface area contributed by atoms with Gasteiger partial charge in [-0.05, 0) is 46.3 Å². The van der Waals surface area contributed by atoms with Crippen LogP contribution in [0.4, 0.5) is 10.3 Å². The van der Waals surface area contributed by atoms with Gasteiger partial charge in [0.1, 0.15) is 11.6 Å². The number of anilines is 1. The fraction of sp³-hybridized carbons (Fsp3) is 0.100. The van der Waals surface area contributed by atoms with Gasteiger partial charge in [0.05, 0.1) is 34.1 Å². The van der Waals surface area contributed by atoms with Crippen LogP contribution in [0.2, 0.25) is 10.0 Å². The van der Waals surface area contributed by atoms with Crippen molar-refractivity contribution >= 4 is 29.2 Å². The number of halogens is 3. The Morgan fingerprint density at radius 1 is 1.10 bits per heavy atom. The smallest absolute Gasteiger partial charge is 0.248 e. The summed E-state index contributed by atoms with van der Waals surface area (Å²) in [7, 11) is 1.49. The highest BCUT2D eigenvalue weighted by Crippen LogP contribution is 2.34. The molecule has 10 heteroatoms. The monoisotopic (exact) mass is 444 g/mol. The lowest BCUT2D eigenvalue weighted by Crippen LogP contribution is -2.09. The second-order valence-corrected chi connectivity index (χ2v) is 6.95. The van der Waals surface area contributed by atoms with Gasteiger partial charge >= 0.3 is 0 Å². The zero-order valence-electron chi connectivity index (χ0n) is 15.7. The molecule has 4 rings (SSSR count). The first-order valence-electron chi connectivity index (χ1n) is 8.83. The van der Waals surface area contributed by atoms with Crippen LogP contribution in [0.1, 0.15) is 5.56 Å². The zero-order valence-corrected chi connectivity index (χ0v) is 17.2. The number of pyridine rings is 1. The Morgan fingerprint density at radius 2 is 1.93 bits per heavy atom. The number of nitrogens with zero attached hydrogens (tertiary/aromatic N) is 5. The summed E-state index contributed by atoms with van der Waals surface area (Å²) < 4.78 is 21.3. The van der Waals surface area contributed by atoms with Crippen molar-refractivity contribution in [3.63, 3.8) is 0 Å². The summed E-state index contributed by atoms with van der Waals surface area (Å²) in [5.74, 6) is 0.310. The maximum atomic E-state index is 14.6. The summed E-state index contributed by atoms with van der Waals surface area (Å²) in [6.07, 6.45) is 1.60. The van der Waals surface area contributed by atoms with Gasteiger partial charge in [-0.2, -0.15) is 4.68 Å². The van der Waals surface area contributed by atoms with E-state index in [0.717, 1.165) is 5.56 Å². The van der Waals surface area contributed by atoms with Crippen LogP contribution in [0, 0.1) is 5.82 Å². The molecule has 152 valence electrons. The summed E-state index contributed by atoms with van der Waals surface area (Å²) in [6.45, 7) is 0.277. The van der Waals surface area contributed by atoms with E-state index in [4.69, 9.17) is 27.9 Å². The molecule has 2 aromatic carbocycles. The third kappa shape index (κ3) is 3.79. The van der Waals surface area contributed by atoms with E-state index in [-0.39, 0.29) is 12.1 Å². The summed E-state index contributed by atoms with van der Waals surface area (Å²) in [6, 6.07) is 13.4. The topological polar surface area (TPSA) is 77.8 Å². The van der Waals surface area contributed by atoms with Gasteiger partial charge < -0.3 is 10.1 Å². The maximum absolute atomic E-state index is 14.6. The third-order valence-electron chi connectivity index (χ3n) is 4.39. The van der Waals surface area contributed by atoms with Crippen LogP contribution in [0.15, 0.2) is 54.7 Å². The van der Waals surface area contributed by atoms with E-state index >= 15 is 0 Å².